The number of hydrogen-bond donors (Lipinski definition) is 0. The third-order valence-corrected chi connectivity index (χ3v) is 4.03. The van der Waals surface area contributed by atoms with Gasteiger partial charge in [-0.25, -0.2) is 0 Å². The topological polar surface area (TPSA) is 26.3 Å². The van der Waals surface area contributed by atoms with Gasteiger partial charge in [-0.1, -0.05) is 12.8 Å². The van der Waals surface area contributed by atoms with Crippen LogP contribution in [0.1, 0.15) is 39.5 Å². The Morgan fingerprint density at radius 3 is 2.71 bits per heavy atom. The first-order valence-corrected chi connectivity index (χ1v) is 6.57. The molecule has 0 aliphatic heterocycles. The van der Waals surface area contributed by atoms with Crippen molar-refractivity contribution in [3.05, 3.63) is 0 Å². The van der Waals surface area contributed by atoms with E-state index in [4.69, 9.17) is 4.74 Å². The van der Waals surface area contributed by atoms with Crippen molar-refractivity contribution in [3.63, 3.8) is 0 Å². The molecular formula is C11H20O2S. The Morgan fingerprint density at radius 1 is 1.50 bits per heavy atom. The molecule has 0 heterocycles. The Morgan fingerprint density at radius 2 is 2.14 bits per heavy atom. The Hall–Kier alpha value is -0.180. The summed E-state index contributed by atoms with van der Waals surface area (Å²) >= 11 is 1.75. The first kappa shape index (κ1) is 11.9. The molecule has 0 bridgehead atoms. The van der Waals surface area contributed by atoms with E-state index < -0.39 is 0 Å². The van der Waals surface area contributed by atoms with Crippen molar-refractivity contribution in [2.45, 2.75) is 44.8 Å². The largest absolute Gasteiger partial charge is 0.465 e. The summed E-state index contributed by atoms with van der Waals surface area (Å²) in [6.45, 7) is 4.29. The highest BCUT2D eigenvalue weighted by Crippen LogP contribution is 2.29. The SMILES string of the molecule is CCOC(=O)C(C)SCC1CCCC1. The number of hydrogen-bond acceptors (Lipinski definition) is 3. The van der Waals surface area contributed by atoms with Crippen molar-refractivity contribution in [1.29, 1.82) is 0 Å². The highest BCUT2D eigenvalue weighted by atomic mass is 32.2. The maximum absolute atomic E-state index is 11.3. The monoisotopic (exact) mass is 216 g/mol. The molecule has 3 heteroatoms. The summed E-state index contributed by atoms with van der Waals surface area (Å²) in [5.74, 6) is 1.91. The molecule has 0 aromatic carbocycles. The predicted octanol–water partition coefficient (Wildman–Crippen LogP) is 2.86. The van der Waals surface area contributed by atoms with Crippen LogP contribution in [-0.2, 0) is 9.53 Å². The van der Waals surface area contributed by atoms with Crippen LogP contribution in [0.3, 0.4) is 0 Å². The van der Waals surface area contributed by atoms with E-state index >= 15 is 0 Å². The molecule has 82 valence electrons. The molecule has 1 rings (SSSR count). The molecule has 1 aliphatic carbocycles. The van der Waals surface area contributed by atoms with Crippen LogP contribution in [0, 0.1) is 5.92 Å². The lowest BCUT2D eigenvalue weighted by atomic mass is 10.1. The molecule has 0 amide bonds. The van der Waals surface area contributed by atoms with Gasteiger partial charge in [-0.05, 0) is 38.4 Å². The molecule has 0 aromatic heterocycles. The molecular weight excluding hydrogens is 196 g/mol. The summed E-state index contributed by atoms with van der Waals surface area (Å²) in [7, 11) is 0. The van der Waals surface area contributed by atoms with Gasteiger partial charge in [0.1, 0.15) is 0 Å². The van der Waals surface area contributed by atoms with Crippen LogP contribution < -0.4 is 0 Å². The van der Waals surface area contributed by atoms with E-state index in [1.54, 1.807) is 11.8 Å². The molecule has 0 radical (unpaired) electrons. The molecule has 0 saturated heterocycles. The Bertz CT molecular complexity index is 176. The maximum atomic E-state index is 11.3. The lowest BCUT2D eigenvalue weighted by Gasteiger charge is -2.13. The third-order valence-electron chi connectivity index (χ3n) is 2.68. The Labute approximate surface area is 90.8 Å². The second kappa shape index (κ2) is 6.33. The van der Waals surface area contributed by atoms with Crippen molar-refractivity contribution in [2.75, 3.05) is 12.4 Å². The Kier molecular flexibility index (Phi) is 5.38. The summed E-state index contributed by atoms with van der Waals surface area (Å²) in [6, 6.07) is 0. The van der Waals surface area contributed by atoms with Gasteiger partial charge in [0.15, 0.2) is 0 Å². The summed E-state index contributed by atoms with van der Waals surface area (Å²) in [5, 5.41) is 0.00977. The van der Waals surface area contributed by atoms with Crippen LogP contribution in [0.2, 0.25) is 0 Å². The fraction of sp³-hybridized carbons (Fsp3) is 0.909. The highest BCUT2D eigenvalue weighted by Gasteiger charge is 2.19. The molecule has 0 N–H and O–H groups in total. The van der Waals surface area contributed by atoms with Gasteiger partial charge < -0.3 is 4.74 Å². The van der Waals surface area contributed by atoms with Gasteiger partial charge in [0, 0.05) is 0 Å². The van der Waals surface area contributed by atoms with Crippen LogP contribution in [0.5, 0.6) is 0 Å². The summed E-state index contributed by atoms with van der Waals surface area (Å²) in [5.41, 5.74) is 0. The predicted molar refractivity (Wildman–Crippen MR) is 60.5 cm³/mol. The van der Waals surface area contributed by atoms with Crippen molar-refractivity contribution < 1.29 is 9.53 Å². The maximum Gasteiger partial charge on any atom is 0.318 e. The van der Waals surface area contributed by atoms with E-state index in [1.807, 2.05) is 13.8 Å². The van der Waals surface area contributed by atoms with E-state index in [0.717, 1.165) is 11.7 Å². The zero-order chi connectivity index (χ0) is 10.4. The van der Waals surface area contributed by atoms with E-state index in [9.17, 15) is 4.79 Å². The molecule has 0 spiro atoms. The second-order valence-corrected chi connectivity index (χ2v) is 5.25. The molecule has 0 aromatic rings. The number of thioether (sulfide) groups is 1. The quantitative estimate of drug-likeness (QED) is 0.661. The highest BCUT2D eigenvalue weighted by molar-refractivity contribution is 8.00. The Balaban J connectivity index is 2.13. The number of esters is 1. The van der Waals surface area contributed by atoms with Gasteiger partial charge >= 0.3 is 5.97 Å². The number of rotatable bonds is 5. The van der Waals surface area contributed by atoms with Gasteiger partial charge in [-0.15, -0.1) is 11.8 Å². The van der Waals surface area contributed by atoms with Crippen LogP contribution in [0.15, 0.2) is 0 Å². The zero-order valence-corrected chi connectivity index (χ0v) is 9.94. The van der Waals surface area contributed by atoms with E-state index in [1.165, 1.54) is 25.7 Å². The number of carbonyl (C=O) groups excluding carboxylic acids is 1. The van der Waals surface area contributed by atoms with Crippen molar-refractivity contribution in [3.8, 4) is 0 Å². The first-order chi connectivity index (χ1) is 6.74. The number of carbonyl (C=O) groups is 1. The molecule has 14 heavy (non-hydrogen) atoms. The average molecular weight is 216 g/mol. The standard InChI is InChI=1S/C11H20O2S/c1-3-13-11(12)9(2)14-8-10-6-4-5-7-10/h9-10H,3-8H2,1-2H3. The summed E-state index contributed by atoms with van der Waals surface area (Å²) in [4.78, 5) is 11.3. The van der Waals surface area contributed by atoms with Crippen molar-refractivity contribution >= 4 is 17.7 Å². The van der Waals surface area contributed by atoms with Gasteiger partial charge in [0.25, 0.3) is 0 Å². The first-order valence-electron chi connectivity index (χ1n) is 5.52. The van der Waals surface area contributed by atoms with Gasteiger partial charge in [-0.2, -0.15) is 0 Å². The fourth-order valence-electron chi connectivity index (χ4n) is 1.79. The summed E-state index contributed by atoms with van der Waals surface area (Å²) in [6.07, 6.45) is 5.45. The van der Waals surface area contributed by atoms with E-state index in [-0.39, 0.29) is 11.2 Å². The zero-order valence-electron chi connectivity index (χ0n) is 9.12. The van der Waals surface area contributed by atoms with E-state index in [2.05, 4.69) is 0 Å². The molecule has 1 atom stereocenters. The third kappa shape index (κ3) is 3.91. The average Bonchev–Trinajstić information content (AvgIpc) is 2.67. The molecule has 1 aliphatic rings. The lowest BCUT2D eigenvalue weighted by Crippen LogP contribution is -2.18. The fourth-order valence-corrected chi connectivity index (χ4v) is 2.88. The number of ether oxygens (including phenoxy) is 1. The molecule has 1 fully saturated rings. The van der Waals surface area contributed by atoms with Crippen LogP contribution in [0.4, 0.5) is 0 Å². The van der Waals surface area contributed by atoms with Gasteiger partial charge in [0.05, 0.1) is 11.9 Å². The van der Waals surface area contributed by atoms with Gasteiger partial charge in [0.2, 0.25) is 0 Å². The van der Waals surface area contributed by atoms with Crippen LogP contribution in [0.25, 0.3) is 0 Å². The minimum absolute atomic E-state index is 0.00977. The van der Waals surface area contributed by atoms with Gasteiger partial charge in [-0.3, -0.25) is 4.79 Å². The molecule has 1 saturated carbocycles. The van der Waals surface area contributed by atoms with E-state index in [0.29, 0.717) is 6.61 Å². The second-order valence-electron chi connectivity index (χ2n) is 3.88. The minimum atomic E-state index is -0.0597. The van der Waals surface area contributed by atoms with Crippen molar-refractivity contribution in [2.24, 2.45) is 5.92 Å². The van der Waals surface area contributed by atoms with Crippen LogP contribution >= 0.6 is 11.8 Å². The van der Waals surface area contributed by atoms with Crippen LogP contribution in [-0.4, -0.2) is 23.6 Å². The lowest BCUT2D eigenvalue weighted by molar-refractivity contribution is -0.142. The molecule has 2 nitrogen and oxygen atoms in total. The minimum Gasteiger partial charge on any atom is -0.465 e. The van der Waals surface area contributed by atoms with Crippen molar-refractivity contribution in [1.82, 2.24) is 0 Å². The summed E-state index contributed by atoms with van der Waals surface area (Å²) < 4.78 is 4.96. The smallest absolute Gasteiger partial charge is 0.318 e. The normalized spacial score (nSPS) is 19.6. The molecule has 1 unspecified atom stereocenters.